The van der Waals surface area contributed by atoms with Crippen molar-refractivity contribution in [3.63, 3.8) is 0 Å². The molecule has 1 aliphatic carbocycles. The summed E-state index contributed by atoms with van der Waals surface area (Å²) < 4.78 is 12.5. The molecule has 0 bridgehead atoms. The number of benzene rings is 2. The molecule has 1 unspecified atom stereocenters. The number of aromatic nitrogens is 3. The molecular weight excluding hydrogens is 416 g/mol. The summed E-state index contributed by atoms with van der Waals surface area (Å²) >= 11 is 6.56. The number of fused-ring (bicyclic) bond motifs is 1. The highest BCUT2D eigenvalue weighted by Crippen LogP contribution is 2.42. The first-order valence-electron chi connectivity index (χ1n) is 10.1. The number of nitrogens with one attached hydrogen (secondary N) is 1. The van der Waals surface area contributed by atoms with E-state index in [1.54, 1.807) is 25.0 Å². The highest BCUT2D eigenvalue weighted by Gasteiger charge is 2.37. The van der Waals surface area contributed by atoms with Crippen molar-refractivity contribution in [1.82, 2.24) is 14.8 Å². The number of rotatable bonds is 4. The van der Waals surface area contributed by atoms with Gasteiger partial charge >= 0.3 is 0 Å². The lowest BCUT2D eigenvalue weighted by molar-refractivity contribution is -0.116. The number of halogens is 1. The number of nitrogens with zero attached hydrogens (tertiary/aromatic N) is 3. The lowest BCUT2D eigenvalue weighted by Crippen LogP contribution is -2.31. The summed E-state index contributed by atoms with van der Waals surface area (Å²) in [5, 5.41) is 8.71. The van der Waals surface area contributed by atoms with Crippen LogP contribution in [0.25, 0.3) is 11.4 Å². The number of allylic oxidation sites excluding steroid dienone is 2. The first-order chi connectivity index (χ1) is 15.1. The third-order valence-corrected chi connectivity index (χ3v) is 6.02. The Morgan fingerprint density at radius 2 is 1.84 bits per heavy atom. The standard InChI is InChI=1S/C23H21ClN4O3/c1-30-14-10-13(11-15(12-14)31-2)22-26-23-25-18-8-5-9-19(29)20(18)21(28(23)27-22)16-6-3-4-7-17(16)24/h3-4,6-7,10-12,21H,5,8-9H2,1-2H3,(H,25,26,27). The van der Waals surface area contributed by atoms with E-state index in [1.165, 1.54) is 0 Å². The number of methoxy groups -OCH3 is 2. The second-order valence-corrected chi connectivity index (χ2v) is 7.93. The number of carbonyl (C=O) groups is 1. The summed E-state index contributed by atoms with van der Waals surface area (Å²) in [7, 11) is 3.20. The third kappa shape index (κ3) is 3.35. The number of ketones is 1. The van der Waals surface area contributed by atoms with E-state index in [4.69, 9.17) is 31.2 Å². The van der Waals surface area contributed by atoms with Crippen LogP contribution in [0.15, 0.2) is 53.7 Å². The monoisotopic (exact) mass is 436 g/mol. The van der Waals surface area contributed by atoms with Gasteiger partial charge in [0.05, 0.1) is 14.2 Å². The topological polar surface area (TPSA) is 78.3 Å². The van der Waals surface area contributed by atoms with Crippen LogP contribution in [0.1, 0.15) is 30.9 Å². The van der Waals surface area contributed by atoms with Crippen molar-refractivity contribution in [2.24, 2.45) is 0 Å². The number of ether oxygens (including phenoxy) is 2. The van der Waals surface area contributed by atoms with Crippen LogP contribution in [0, 0.1) is 0 Å². The Kier molecular flexibility index (Phi) is 4.90. The predicted octanol–water partition coefficient (Wildman–Crippen LogP) is 4.64. The van der Waals surface area contributed by atoms with Crippen LogP contribution >= 0.6 is 11.6 Å². The van der Waals surface area contributed by atoms with Crippen molar-refractivity contribution in [2.75, 3.05) is 19.5 Å². The lowest BCUT2D eigenvalue weighted by atomic mass is 9.85. The maximum absolute atomic E-state index is 12.9. The van der Waals surface area contributed by atoms with E-state index in [1.807, 2.05) is 36.4 Å². The van der Waals surface area contributed by atoms with Crippen LogP contribution in [0.2, 0.25) is 5.02 Å². The van der Waals surface area contributed by atoms with Crippen molar-refractivity contribution < 1.29 is 14.3 Å². The van der Waals surface area contributed by atoms with Gasteiger partial charge in [-0.25, -0.2) is 4.68 Å². The molecule has 3 aromatic rings. The second kappa shape index (κ2) is 7.74. The molecule has 1 N–H and O–H groups in total. The fourth-order valence-electron chi connectivity index (χ4n) is 4.20. The molecule has 0 spiro atoms. The summed E-state index contributed by atoms with van der Waals surface area (Å²) in [5.41, 5.74) is 3.19. The summed E-state index contributed by atoms with van der Waals surface area (Å²) in [6.07, 6.45) is 2.12. The fourth-order valence-corrected chi connectivity index (χ4v) is 4.44. The quantitative estimate of drug-likeness (QED) is 0.642. The molecule has 0 fully saturated rings. The van der Waals surface area contributed by atoms with E-state index in [0.717, 1.165) is 29.7 Å². The van der Waals surface area contributed by atoms with Crippen molar-refractivity contribution in [2.45, 2.75) is 25.3 Å². The first kappa shape index (κ1) is 19.6. The van der Waals surface area contributed by atoms with Gasteiger partial charge in [0, 0.05) is 39.9 Å². The summed E-state index contributed by atoms with van der Waals surface area (Å²) in [4.78, 5) is 17.7. The largest absolute Gasteiger partial charge is 0.497 e. The molecule has 31 heavy (non-hydrogen) atoms. The Balaban J connectivity index is 1.68. The third-order valence-electron chi connectivity index (χ3n) is 5.68. The minimum absolute atomic E-state index is 0.115. The highest BCUT2D eigenvalue weighted by molar-refractivity contribution is 6.31. The molecule has 8 heteroatoms. The van der Waals surface area contributed by atoms with Gasteiger partial charge in [0.2, 0.25) is 5.95 Å². The zero-order valence-electron chi connectivity index (χ0n) is 17.2. The fraction of sp³-hybridized carbons (Fsp3) is 0.261. The highest BCUT2D eigenvalue weighted by atomic mass is 35.5. The van der Waals surface area contributed by atoms with Crippen LogP contribution < -0.4 is 14.8 Å². The van der Waals surface area contributed by atoms with Crippen LogP contribution in [0.5, 0.6) is 11.5 Å². The van der Waals surface area contributed by atoms with E-state index in [0.29, 0.717) is 40.3 Å². The normalized spacial score (nSPS) is 17.6. The minimum atomic E-state index is -0.429. The summed E-state index contributed by atoms with van der Waals surface area (Å²) in [6.45, 7) is 0. The van der Waals surface area contributed by atoms with Gasteiger partial charge in [0.15, 0.2) is 11.6 Å². The van der Waals surface area contributed by atoms with Gasteiger partial charge in [-0.3, -0.25) is 4.79 Å². The van der Waals surface area contributed by atoms with Gasteiger partial charge in [-0.05, 0) is 31.0 Å². The van der Waals surface area contributed by atoms with E-state index in [-0.39, 0.29) is 5.78 Å². The molecule has 0 amide bonds. The minimum Gasteiger partial charge on any atom is -0.497 e. The molecule has 5 rings (SSSR count). The van der Waals surface area contributed by atoms with Crippen molar-refractivity contribution in [3.8, 4) is 22.9 Å². The molecule has 1 atom stereocenters. The molecule has 1 aliphatic heterocycles. The van der Waals surface area contributed by atoms with Gasteiger partial charge in [-0.15, -0.1) is 5.10 Å². The summed E-state index contributed by atoms with van der Waals surface area (Å²) in [5.74, 6) is 2.49. The Bertz CT molecular complexity index is 1200. The van der Waals surface area contributed by atoms with Gasteiger partial charge in [-0.1, -0.05) is 29.8 Å². The van der Waals surface area contributed by atoms with Gasteiger partial charge in [0.25, 0.3) is 0 Å². The molecule has 2 aromatic carbocycles. The van der Waals surface area contributed by atoms with Crippen molar-refractivity contribution in [1.29, 1.82) is 0 Å². The Hall–Kier alpha value is -3.32. The van der Waals surface area contributed by atoms with E-state index in [2.05, 4.69) is 5.32 Å². The molecule has 7 nitrogen and oxygen atoms in total. The number of Topliss-reactive ketones (excluding diaryl/α,β-unsaturated/α-hetero) is 1. The van der Waals surface area contributed by atoms with Crippen LogP contribution in [-0.2, 0) is 4.79 Å². The Labute approximate surface area is 184 Å². The van der Waals surface area contributed by atoms with Crippen molar-refractivity contribution >= 4 is 23.3 Å². The molecule has 1 aromatic heterocycles. The number of hydrogen-bond acceptors (Lipinski definition) is 6. The lowest BCUT2D eigenvalue weighted by Gasteiger charge is -2.32. The average Bonchev–Trinajstić information content (AvgIpc) is 3.22. The van der Waals surface area contributed by atoms with E-state index in [9.17, 15) is 4.79 Å². The second-order valence-electron chi connectivity index (χ2n) is 7.52. The molecule has 158 valence electrons. The molecular formula is C23H21ClN4O3. The molecule has 2 aliphatic rings. The molecule has 0 radical (unpaired) electrons. The average molecular weight is 437 g/mol. The van der Waals surface area contributed by atoms with Crippen LogP contribution in [0.3, 0.4) is 0 Å². The first-order valence-corrected chi connectivity index (χ1v) is 10.4. The number of carbonyl (C=O) groups excluding carboxylic acids is 1. The smallest absolute Gasteiger partial charge is 0.226 e. The number of hydrogen-bond donors (Lipinski definition) is 1. The molecule has 0 saturated carbocycles. The maximum atomic E-state index is 12.9. The zero-order valence-corrected chi connectivity index (χ0v) is 17.9. The van der Waals surface area contributed by atoms with Crippen LogP contribution in [0.4, 0.5) is 5.95 Å². The van der Waals surface area contributed by atoms with E-state index >= 15 is 0 Å². The van der Waals surface area contributed by atoms with Gasteiger partial charge in [0.1, 0.15) is 17.5 Å². The zero-order chi connectivity index (χ0) is 21.5. The van der Waals surface area contributed by atoms with E-state index < -0.39 is 6.04 Å². The number of anilines is 1. The molecule has 0 saturated heterocycles. The predicted molar refractivity (Wildman–Crippen MR) is 118 cm³/mol. The Morgan fingerprint density at radius 1 is 1.10 bits per heavy atom. The van der Waals surface area contributed by atoms with Crippen molar-refractivity contribution in [3.05, 3.63) is 64.3 Å². The van der Waals surface area contributed by atoms with Gasteiger partial charge in [-0.2, -0.15) is 4.98 Å². The van der Waals surface area contributed by atoms with Gasteiger partial charge < -0.3 is 14.8 Å². The SMILES string of the molecule is COc1cc(OC)cc(-c2nc3n(n2)C(c2ccccc2Cl)C2=C(CCCC2=O)N3)c1. The molecule has 2 heterocycles. The van der Waals surface area contributed by atoms with Crippen LogP contribution in [-0.4, -0.2) is 34.8 Å². The summed E-state index contributed by atoms with van der Waals surface area (Å²) in [6, 6.07) is 12.6. The Morgan fingerprint density at radius 3 is 2.55 bits per heavy atom. The maximum Gasteiger partial charge on any atom is 0.226 e.